The zero-order chi connectivity index (χ0) is 10.6. The molecule has 74 valence electrons. The molecule has 3 heteroatoms. The summed E-state index contributed by atoms with van der Waals surface area (Å²) in [4.78, 5) is 10.6. The van der Waals surface area contributed by atoms with Crippen LogP contribution in [0.2, 0.25) is 0 Å². The smallest absolute Gasteiger partial charge is 0.308 e. The molecular formula is C11H12O3. The van der Waals surface area contributed by atoms with Gasteiger partial charge in [0.15, 0.2) is 0 Å². The Bertz CT molecular complexity index is 327. The van der Waals surface area contributed by atoms with E-state index < -0.39 is 6.10 Å². The van der Waals surface area contributed by atoms with Crippen LogP contribution in [0.5, 0.6) is 5.75 Å². The quantitative estimate of drug-likeness (QED) is 0.451. The number of ether oxygens (including phenoxy) is 1. The minimum Gasteiger partial charge on any atom is -0.427 e. The summed E-state index contributed by atoms with van der Waals surface area (Å²) in [6.45, 7) is 4.81. The van der Waals surface area contributed by atoms with Gasteiger partial charge in [0.1, 0.15) is 5.75 Å². The molecule has 0 spiro atoms. The van der Waals surface area contributed by atoms with Crippen LogP contribution in [0.15, 0.2) is 36.9 Å². The van der Waals surface area contributed by atoms with Crippen LogP contribution in [0.4, 0.5) is 0 Å². The first-order valence-electron chi connectivity index (χ1n) is 4.22. The van der Waals surface area contributed by atoms with E-state index in [2.05, 4.69) is 6.58 Å². The molecule has 0 heterocycles. The SMILES string of the molecule is C=C[C@H](O)c1ccc(OC(C)=O)cc1. The summed E-state index contributed by atoms with van der Waals surface area (Å²) in [5, 5.41) is 9.38. The maximum absolute atomic E-state index is 10.6. The van der Waals surface area contributed by atoms with Crippen LogP contribution in [0.25, 0.3) is 0 Å². The lowest BCUT2D eigenvalue weighted by Crippen LogP contribution is -2.01. The topological polar surface area (TPSA) is 46.5 Å². The van der Waals surface area contributed by atoms with Crippen molar-refractivity contribution in [2.45, 2.75) is 13.0 Å². The van der Waals surface area contributed by atoms with Crippen molar-refractivity contribution in [1.29, 1.82) is 0 Å². The Balaban J connectivity index is 2.78. The minimum absolute atomic E-state index is 0.359. The van der Waals surface area contributed by atoms with Gasteiger partial charge in [-0.05, 0) is 17.7 Å². The summed E-state index contributed by atoms with van der Waals surface area (Å²) in [5.41, 5.74) is 0.718. The van der Waals surface area contributed by atoms with Gasteiger partial charge in [-0.25, -0.2) is 0 Å². The third kappa shape index (κ3) is 2.71. The molecule has 1 aromatic carbocycles. The number of carbonyl (C=O) groups is 1. The molecule has 0 aromatic heterocycles. The van der Waals surface area contributed by atoms with E-state index in [4.69, 9.17) is 4.74 Å². The predicted molar refractivity (Wildman–Crippen MR) is 52.9 cm³/mol. The van der Waals surface area contributed by atoms with Gasteiger partial charge in [-0.1, -0.05) is 18.2 Å². The van der Waals surface area contributed by atoms with E-state index in [1.54, 1.807) is 24.3 Å². The third-order valence-corrected chi connectivity index (χ3v) is 1.71. The van der Waals surface area contributed by atoms with E-state index in [9.17, 15) is 9.90 Å². The van der Waals surface area contributed by atoms with Crippen molar-refractivity contribution in [1.82, 2.24) is 0 Å². The van der Waals surface area contributed by atoms with Crippen LogP contribution in [-0.2, 0) is 4.79 Å². The average molecular weight is 192 g/mol. The van der Waals surface area contributed by atoms with Crippen molar-refractivity contribution in [2.75, 3.05) is 0 Å². The predicted octanol–water partition coefficient (Wildman–Crippen LogP) is 1.83. The molecule has 14 heavy (non-hydrogen) atoms. The highest BCUT2D eigenvalue weighted by molar-refractivity contribution is 5.69. The van der Waals surface area contributed by atoms with Gasteiger partial charge in [-0.3, -0.25) is 4.79 Å². The number of hydrogen-bond donors (Lipinski definition) is 1. The van der Waals surface area contributed by atoms with E-state index in [0.29, 0.717) is 5.75 Å². The van der Waals surface area contributed by atoms with Crippen LogP contribution in [0.1, 0.15) is 18.6 Å². The molecule has 0 radical (unpaired) electrons. The largest absolute Gasteiger partial charge is 0.427 e. The normalized spacial score (nSPS) is 11.9. The van der Waals surface area contributed by atoms with Gasteiger partial charge in [0, 0.05) is 6.92 Å². The number of benzene rings is 1. The second-order valence-electron chi connectivity index (χ2n) is 2.84. The Morgan fingerprint density at radius 2 is 2.07 bits per heavy atom. The highest BCUT2D eigenvalue weighted by Crippen LogP contribution is 2.18. The Kier molecular flexibility index (Phi) is 3.42. The van der Waals surface area contributed by atoms with Gasteiger partial charge in [0.05, 0.1) is 6.10 Å². The summed E-state index contributed by atoms with van der Waals surface area (Å²) in [6.07, 6.45) is 0.752. The highest BCUT2D eigenvalue weighted by Gasteiger charge is 2.03. The molecule has 0 aliphatic heterocycles. The molecule has 3 nitrogen and oxygen atoms in total. The minimum atomic E-state index is -0.679. The molecule has 0 amide bonds. The molecule has 1 aromatic rings. The molecule has 0 aliphatic carbocycles. The second kappa shape index (κ2) is 4.58. The Hall–Kier alpha value is -1.61. The van der Waals surface area contributed by atoms with Crippen molar-refractivity contribution in [3.63, 3.8) is 0 Å². The fourth-order valence-electron chi connectivity index (χ4n) is 1.04. The van der Waals surface area contributed by atoms with Crippen molar-refractivity contribution in [2.24, 2.45) is 0 Å². The molecule has 0 bridgehead atoms. The van der Waals surface area contributed by atoms with Crippen LogP contribution < -0.4 is 4.74 Å². The van der Waals surface area contributed by atoms with E-state index in [1.165, 1.54) is 13.0 Å². The lowest BCUT2D eigenvalue weighted by molar-refractivity contribution is -0.131. The van der Waals surface area contributed by atoms with E-state index in [1.807, 2.05) is 0 Å². The molecule has 0 aliphatic rings. The second-order valence-corrected chi connectivity index (χ2v) is 2.84. The average Bonchev–Trinajstić information content (AvgIpc) is 2.17. The van der Waals surface area contributed by atoms with Gasteiger partial charge in [0.25, 0.3) is 0 Å². The van der Waals surface area contributed by atoms with Gasteiger partial charge in [-0.15, -0.1) is 6.58 Å². The lowest BCUT2D eigenvalue weighted by atomic mass is 10.1. The molecule has 1 rings (SSSR count). The van der Waals surface area contributed by atoms with Gasteiger partial charge in [0.2, 0.25) is 0 Å². The molecule has 1 atom stereocenters. The zero-order valence-electron chi connectivity index (χ0n) is 7.93. The number of rotatable bonds is 3. The van der Waals surface area contributed by atoms with E-state index >= 15 is 0 Å². The first-order chi connectivity index (χ1) is 6.63. The van der Waals surface area contributed by atoms with Crippen molar-refractivity contribution >= 4 is 5.97 Å². The summed E-state index contributed by atoms with van der Waals surface area (Å²) in [7, 11) is 0. The Labute approximate surface area is 82.6 Å². The summed E-state index contributed by atoms with van der Waals surface area (Å²) >= 11 is 0. The maximum Gasteiger partial charge on any atom is 0.308 e. The maximum atomic E-state index is 10.6. The number of aliphatic hydroxyl groups excluding tert-OH is 1. The fourth-order valence-corrected chi connectivity index (χ4v) is 1.04. The standard InChI is InChI=1S/C11H12O3/c1-3-11(13)9-4-6-10(7-5-9)14-8(2)12/h3-7,11,13H,1H2,2H3/t11-/m0/s1. The summed E-state index contributed by atoms with van der Waals surface area (Å²) in [5.74, 6) is 0.111. The fraction of sp³-hybridized carbons (Fsp3) is 0.182. The van der Waals surface area contributed by atoms with Crippen molar-refractivity contribution in [3.8, 4) is 5.75 Å². The van der Waals surface area contributed by atoms with Crippen molar-refractivity contribution < 1.29 is 14.6 Å². The van der Waals surface area contributed by atoms with Crippen LogP contribution in [0, 0.1) is 0 Å². The molecule has 0 saturated heterocycles. The molecular weight excluding hydrogens is 180 g/mol. The Morgan fingerprint density at radius 1 is 1.50 bits per heavy atom. The summed E-state index contributed by atoms with van der Waals surface area (Å²) < 4.78 is 4.84. The van der Waals surface area contributed by atoms with E-state index in [-0.39, 0.29) is 5.97 Å². The number of hydrogen-bond acceptors (Lipinski definition) is 3. The monoisotopic (exact) mass is 192 g/mol. The van der Waals surface area contributed by atoms with Crippen LogP contribution in [0.3, 0.4) is 0 Å². The van der Waals surface area contributed by atoms with Gasteiger partial charge < -0.3 is 9.84 Å². The van der Waals surface area contributed by atoms with Gasteiger partial charge in [-0.2, -0.15) is 0 Å². The highest BCUT2D eigenvalue weighted by atomic mass is 16.5. The summed E-state index contributed by atoms with van der Waals surface area (Å²) in [6, 6.07) is 6.63. The third-order valence-electron chi connectivity index (χ3n) is 1.71. The first kappa shape index (κ1) is 10.5. The molecule has 1 N–H and O–H groups in total. The van der Waals surface area contributed by atoms with Crippen molar-refractivity contribution in [3.05, 3.63) is 42.5 Å². The number of aliphatic hydroxyl groups is 1. The number of carbonyl (C=O) groups excluding carboxylic acids is 1. The zero-order valence-corrected chi connectivity index (χ0v) is 7.93. The molecule has 0 fully saturated rings. The van der Waals surface area contributed by atoms with Crippen LogP contribution >= 0.6 is 0 Å². The first-order valence-corrected chi connectivity index (χ1v) is 4.22. The van der Waals surface area contributed by atoms with E-state index in [0.717, 1.165) is 5.56 Å². The number of esters is 1. The molecule has 0 saturated carbocycles. The lowest BCUT2D eigenvalue weighted by Gasteiger charge is -2.06. The molecule has 0 unspecified atom stereocenters. The Morgan fingerprint density at radius 3 is 2.50 bits per heavy atom. The van der Waals surface area contributed by atoms with Gasteiger partial charge >= 0.3 is 5.97 Å². The van der Waals surface area contributed by atoms with Crippen LogP contribution in [-0.4, -0.2) is 11.1 Å².